The van der Waals surface area contributed by atoms with Gasteiger partial charge in [0, 0.05) is 18.0 Å². The summed E-state index contributed by atoms with van der Waals surface area (Å²) in [7, 11) is 0. The van der Waals surface area contributed by atoms with Gasteiger partial charge < -0.3 is 4.90 Å². The van der Waals surface area contributed by atoms with Crippen LogP contribution in [0.25, 0.3) is 6.08 Å². The van der Waals surface area contributed by atoms with E-state index in [-0.39, 0.29) is 23.6 Å². The van der Waals surface area contributed by atoms with Crippen molar-refractivity contribution in [3.63, 3.8) is 0 Å². The fourth-order valence-corrected chi connectivity index (χ4v) is 4.26. The minimum absolute atomic E-state index is 0.133. The van der Waals surface area contributed by atoms with Crippen LogP contribution in [0.3, 0.4) is 0 Å². The lowest BCUT2D eigenvalue weighted by atomic mass is 10.2. The number of hydrogen-bond donors (Lipinski definition) is 0. The summed E-state index contributed by atoms with van der Waals surface area (Å²) in [4.78, 5) is 41.0. The van der Waals surface area contributed by atoms with Crippen LogP contribution in [-0.2, 0) is 9.59 Å². The van der Waals surface area contributed by atoms with Crippen LogP contribution in [0.2, 0.25) is 0 Å². The molecular weight excluding hydrogens is 332 g/mol. The first-order valence-corrected chi connectivity index (χ1v) is 9.41. The second-order valence-corrected chi connectivity index (χ2v) is 7.55. The Bertz CT molecular complexity index is 632. The predicted molar refractivity (Wildman–Crippen MR) is 92.0 cm³/mol. The molecule has 3 amide bonds. The third kappa shape index (κ3) is 3.84. The van der Waals surface area contributed by atoms with Crippen molar-refractivity contribution in [1.82, 2.24) is 9.80 Å². The zero-order chi connectivity index (χ0) is 16.2. The third-order valence-corrected chi connectivity index (χ3v) is 5.67. The van der Waals surface area contributed by atoms with E-state index in [2.05, 4.69) is 0 Å². The molecule has 2 fully saturated rings. The summed E-state index contributed by atoms with van der Waals surface area (Å²) in [6.07, 6.45) is 5.97. The Hall–Kier alpha value is -1.60. The van der Waals surface area contributed by atoms with Gasteiger partial charge in [0.2, 0.25) is 5.91 Å². The van der Waals surface area contributed by atoms with Gasteiger partial charge in [0.05, 0.1) is 4.91 Å². The van der Waals surface area contributed by atoms with Crippen molar-refractivity contribution in [2.75, 3.05) is 19.6 Å². The van der Waals surface area contributed by atoms with Crippen LogP contribution in [0.15, 0.2) is 22.4 Å². The molecule has 0 aliphatic carbocycles. The van der Waals surface area contributed by atoms with E-state index in [0.717, 1.165) is 60.3 Å². The van der Waals surface area contributed by atoms with Gasteiger partial charge in [-0.2, -0.15) is 0 Å². The van der Waals surface area contributed by atoms with Crippen molar-refractivity contribution in [2.45, 2.75) is 25.7 Å². The molecule has 3 rings (SSSR count). The number of nitrogens with zero attached hydrogens (tertiary/aromatic N) is 2. The molecule has 0 atom stereocenters. The van der Waals surface area contributed by atoms with Gasteiger partial charge in [-0.3, -0.25) is 19.3 Å². The molecule has 0 spiro atoms. The van der Waals surface area contributed by atoms with Crippen molar-refractivity contribution < 1.29 is 14.4 Å². The van der Waals surface area contributed by atoms with Crippen LogP contribution in [-0.4, -0.2) is 46.5 Å². The van der Waals surface area contributed by atoms with E-state index in [9.17, 15) is 14.4 Å². The number of amides is 3. The lowest BCUT2D eigenvalue weighted by molar-refractivity contribution is -0.135. The van der Waals surface area contributed by atoms with Crippen molar-refractivity contribution in [1.29, 1.82) is 0 Å². The fourth-order valence-electron chi connectivity index (χ4n) is 2.69. The number of rotatable bonds is 3. The van der Waals surface area contributed by atoms with Gasteiger partial charge in [-0.25, -0.2) is 0 Å². The summed E-state index contributed by atoms with van der Waals surface area (Å²) >= 11 is 2.41. The molecule has 5 nitrogen and oxygen atoms in total. The molecule has 7 heteroatoms. The first-order valence-electron chi connectivity index (χ1n) is 7.72. The van der Waals surface area contributed by atoms with Crippen molar-refractivity contribution >= 4 is 46.2 Å². The van der Waals surface area contributed by atoms with E-state index < -0.39 is 0 Å². The first kappa shape index (κ1) is 16.3. The van der Waals surface area contributed by atoms with Crippen molar-refractivity contribution in [3.05, 3.63) is 27.3 Å². The summed E-state index contributed by atoms with van der Waals surface area (Å²) in [6, 6.07) is 3.78. The largest absolute Gasteiger partial charge is 0.341 e. The summed E-state index contributed by atoms with van der Waals surface area (Å²) in [5.74, 6) is -0.497. The minimum Gasteiger partial charge on any atom is -0.341 e. The fraction of sp³-hybridized carbons (Fsp3) is 0.438. The van der Waals surface area contributed by atoms with Gasteiger partial charge in [-0.15, -0.1) is 11.3 Å². The Balaban J connectivity index is 1.67. The zero-order valence-electron chi connectivity index (χ0n) is 12.7. The Kier molecular flexibility index (Phi) is 5.17. The molecule has 0 saturated carbocycles. The lowest BCUT2D eigenvalue weighted by Gasteiger charge is -2.22. The molecule has 1 aromatic heterocycles. The smallest absolute Gasteiger partial charge is 0.294 e. The average molecular weight is 350 g/mol. The highest BCUT2D eigenvalue weighted by Crippen LogP contribution is 2.32. The molecule has 0 aromatic carbocycles. The summed E-state index contributed by atoms with van der Waals surface area (Å²) in [5, 5.41) is 1.56. The first-order chi connectivity index (χ1) is 11.1. The van der Waals surface area contributed by atoms with Crippen LogP contribution in [0, 0.1) is 0 Å². The molecular formula is C16H18N2O3S2. The maximum atomic E-state index is 12.4. The topological polar surface area (TPSA) is 57.7 Å². The number of carbonyl (C=O) groups excluding carboxylic acids is 3. The van der Waals surface area contributed by atoms with E-state index in [1.807, 2.05) is 17.5 Å². The maximum absolute atomic E-state index is 12.4. The van der Waals surface area contributed by atoms with Gasteiger partial charge in [-0.05, 0) is 42.1 Å². The van der Waals surface area contributed by atoms with Gasteiger partial charge in [0.1, 0.15) is 6.54 Å². The molecule has 0 radical (unpaired) electrons. The van der Waals surface area contributed by atoms with Crippen LogP contribution < -0.4 is 0 Å². The number of imide groups is 1. The number of thioether (sulfide) groups is 1. The molecule has 1 aromatic rings. The molecule has 0 N–H and O–H groups in total. The zero-order valence-corrected chi connectivity index (χ0v) is 14.3. The maximum Gasteiger partial charge on any atom is 0.294 e. The number of carbonyl (C=O) groups is 3. The summed E-state index contributed by atoms with van der Waals surface area (Å²) < 4.78 is 0. The highest BCUT2D eigenvalue weighted by molar-refractivity contribution is 8.18. The number of hydrogen-bond acceptors (Lipinski definition) is 5. The van der Waals surface area contributed by atoms with E-state index in [4.69, 9.17) is 0 Å². The Morgan fingerprint density at radius 2 is 1.91 bits per heavy atom. The molecule has 23 heavy (non-hydrogen) atoms. The number of likely N-dealkylation sites (tertiary alicyclic amines) is 1. The van der Waals surface area contributed by atoms with Crippen LogP contribution >= 0.6 is 23.1 Å². The standard InChI is InChI=1S/C16H18N2O3S2/c19-14(17-7-3-1-2-4-8-17)11-18-15(20)13(23-16(18)21)10-12-6-5-9-22-12/h5-6,9-10H,1-4,7-8,11H2/b13-10-. The van der Waals surface area contributed by atoms with E-state index in [1.54, 1.807) is 11.0 Å². The third-order valence-electron chi connectivity index (χ3n) is 3.94. The highest BCUT2D eigenvalue weighted by Gasteiger charge is 2.37. The molecule has 2 saturated heterocycles. The van der Waals surface area contributed by atoms with Gasteiger partial charge >= 0.3 is 0 Å². The van der Waals surface area contributed by atoms with Crippen LogP contribution in [0.5, 0.6) is 0 Å². The van der Waals surface area contributed by atoms with Crippen LogP contribution in [0.1, 0.15) is 30.6 Å². The molecule has 2 aliphatic heterocycles. The lowest BCUT2D eigenvalue weighted by Crippen LogP contribution is -2.42. The van der Waals surface area contributed by atoms with E-state index in [1.165, 1.54) is 11.3 Å². The van der Waals surface area contributed by atoms with Crippen molar-refractivity contribution in [3.8, 4) is 0 Å². The Morgan fingerprint density at radius 1 is 1.17 bits per heavy atom. The van der Waals surface area contributed by atoms with E-state index in [0.29, 0.717) is 4.91 Å². The monoisotopic (exact) mass is 350 g/mol. The van der Waals surface area contributed by atoms with Gasteiger partial charge in [-0.1, -0.05) is 18.9 Å². The molecule has 0 unspecified atom stereocenters. The highest BCUT2D eigenvalue weighted by atomic mass is 32.2. The van der Waals surface area contributed by atoms with Crippen molar-refractivity contribution in [2.24, 2.45) is 0 Å². The Morgan fingerprint density at radius 3 is 2.57 bits per heavy atom. The Labute approximate surface area is 143 Å². The van der Waals surface area contributed by atoms with Gasteiger partial charge in [0.25, 0.3) is 11.1 Å². The summed E-state index contributed by atoms with van der Waals surface area (Å²) in [5.41, 5.74) is 0. The molecule has 2 aliphatic rings. The predicted octanol–water partition coefficient (Wildman–Crippen LogP) is 3.19. The second kappa shape index (κ2) is 7.31. The normalized spacial score (nSPS) is 21.1. The molecule has 122 valence electrons. The summed E-state index contributed by atoms with van der Waals surface area (Å²) in [6.45, 7) is 1.30. The second-order valence-electron chi connectivity index (χ2n) is 5.58. The quantitative estimate of drug-likeness (QED) is 0.786. The van der Waals surface area contributed by atoms with E-state index >= 15 is 0 Å². The SMILES string of the molecule is O=C(CN1C(=O)S/C(=C\c2cccs2)C1=O)N1CCCCCC1. The van der Waals surface area contributed by atoms with Crippen LogP contribution in [0.4, 0.5) is 4.79 Å². The minimum atomic E-state index is -0.364. The molecule has 3 heterocycles. The average Bonchev–Trinajstić information content (AvgIpc) is 3.01. The number of thiophene rings is 1. The molecule has 0 bridgehead atoms. The van der Waals surface area contributed by atoms with Gasteiger partial charge in [0.15, 0.2) is 0 Å².